The molecule has 1 atom stereocenters. The van der Waals surface area contributed by atoms with Crippen molar-refractivity contribution in [3.8, 4) is 0 Å². The topological polar surface area (TPSA) is 95.7 Å². The van der Waals surface area contributed by atoms with E-state index in [0.29, 0.717) is 12.6 Å². The lowest BCUT2D eigenvalue weighted by Gasteiger charge is -2.25. The first kappa shape index (κ1) is 15.2. The van der Waals surface area contributed by atoms with Crippen molar-refractivity contribution in [2.75, 3.05) is 18.9 Å². The molecule has 0 heterocycles. The Bertz CT molecular complexity index is 525. The standard InChI is InChI=1S/C14H19N3O4/c1-9(16(2)10-6-7-10)8-15-13-11(14(18)19)4-3-5-12(13)17(20)21/h3-5,9-10,15H,6-8H2,1-2H3,(H,18,19). The predicted octanol–water partition coefficient (Wildman–Crippen LogP) is 2.19. The average molecular weight is 293 g/mol. The molecule has 0 radical (unpaired) electrons. The molecule has 1 fully saturated rings. The van der Waals surface area contributed by atoms with Gasteiger partial charge in [-0.05, 0) is 32.9 Å². The van der Waals surface area contributed by atoms with Crippen molar-refractivity contribution in [2.45, 2.75) is 31.8 Å². The summed E-state index contributed by atoms with van der Waals surface area (Å²) in [5, 5.41) is 23.2. The van der Waals surface area contributed by atoms with Crippen LogP contribution in [-0.4, -0.2) is 46.6 Å². The maximum Gasteiger partial charge on any atom is 0.338 e. The van der Waals surface area contributed by atoms with Crippen LogP contribution in [0.15, 0.2) is 18.2 Å². The van der Waals surface area contributed by atoms with Crippen molar-refractivity contribution in [2.24, 2.45) is 0 Å². The number of nitrogens with zero attached hydrogens (tertiary/aromatic N) is 2. The molecule has 0 spiro atoms. The minimum atomic E-state index is -1.18. The predicted molar refractivity (Wildman–Crippen MR) is 78.8 cm³/mol. The van der Waals surface area contributed by atoms with Gasteiger partial charge >= 0.3 is 5.97 Å². The number of rotatable bonds is 7. The highest BCUT2D eigenvalue weighted by molar-refractivity contribution is 5.96. The van der Waals surface area contributed by atoms with Crippen LogP contribution in [0.4, 0.5) is 11.4 Å². The molecule has 0 saturated heterocycles. The van der Waals surface area contributed by atoms with Crippen LogP contribution in [0.3, 0.4) is 0 Å². The van der Waals surface area contributed by atoms with Gasteiger partial charge in [0.2, 0.25) is 0 Å². The van der Waals surface area contributed by atoms with Crippen LogP contribution >= 0.6 is 0 Å². The second-order valence-corrected chi connectivity index (χ2v) is 5.39. The Hall–Kier alpha value is -2.15. The SMILES string of the molecule is CC(CNc1c(C(=O)O)cccc1[N+](=O)[O-])N(C)C1CC1. The molecule has 1 aromatic carbocycles. The fourth-order valence-electron chi connectivity index (χ4n) is 2.29. The summed E-state index contributed by atoms with van der Waals surface area (Å²) in [6, 6.07) is 4.80. The minimum Gasteiger partial charge on any atom is -0.478 e. The normalized spacial score (nSPS) is 15.8. The molecule has 1 aliphatic carbocycles. The molecule has 7 nitrogen and oxygen atoms in total. The molecular weight excluding hydrogens is 274 g/mol. The summed E-state index contributed by atoms with van der Waals surface area (Å²) in [6.45, 7) is 2.47. The van der Waals surface area contributed by atoms with E-state index in [1.54, 1.807) is 0 Å². The van der Waals surface area contributed by atoms with E-state index in [4.69, 9.17) is 0 Å². The monoisotopic (exact) mass is 293 g/mol. The van der Waals surface area contributed by atoms with Crippen molar-refractivity contribution in [3.63, 3.8) is 0 Å². The maximum atomic E-state index is 11.2. The van der Waals surface area contributed by atoms with E-state index >= 15 is 0 Å². The van der Waals surface area contributed by atoms with Crippen molar-refractivity contribution < 1.29 is 14.8 Å². The van der Waals surface area contributed by atoms with Crippen LogP contribution in [0.5, 0.6) is 0 Å². The quantitative estimate of drug-likeness (QED) is 0.591. The summed E-state index contributed by atoms with van der Waals surface area (Å²) in [7, 11) is 2.02. The summed E-state index contributed by atoms with van der Waals surface area (Å²) >= 11 is 0. The number of hydrogen-bond acceptors (Lipinski definition) is 5. The van der Waals surface area contributed by atoms with Crippen molar-refractivity contribution >= 4 is 17.3 Å². The minimum absolute atomic E-state index is 0.0750. The summed E-state index contributed by atoms with van der Waals surface area (Å²) in [6.07, 6.45) is 2.35. The lowest BCUT2D eigenvalue weighted by Crippen LogP contribution is -2.36. The fourth-order valence-corrected chi connectivity index (χ4v) is 2.29. The smallest absolute Gasteiger partial charge is 0.338 e. The molecule has 7 heteroatoms. The van der Waals surface area contributed by atoms with Gasteiger partial charge in [-0.15, -0.1) is 0 Å². The Morgan fingerprint density at radius 3 is 2.76 bits per heavy atom. The van der Waals surface area contributed by atoms with Crippen LogP contribution in [0.25, 0.3) is 0 Å². The van der Waals surface area contributed by atoms with Crippen LogP contribution in [0.2, 0.25) is 0 Å². The Kier molecular flexibility index (Phi) is 4.42. The maximum absolute atomic E-state index is 11.2. The van der Waals surface area contributed by atoms with E-state index in [1.807, 2.05) is 14.0 Å². The van der Waals surface area contributed by atoms with Crippen molar-refractivity contribution in [1.29, 1.82) is 0 Å². The summed E-state index contributed by atoms with van der Waals surface area (Å²) in [4.78, 5) is 23.9. The van der Waals surface area contributed by atoms with Gasteiger partial charge in [0.05, 0.1) is 10.5 Å². The molecule has 1 aliphatic rings. The largest absolute Gasteiger partial charge is 0.478 e. The number of carboxylic acids is 1. The molecule has 0 aromatic heterocycles. The Morgan fingerprint density at radius 2 is 2.24 bits per heavy atom. The van der Waals surface area contributed by atoms with E-state index in [2.05, 4.69) is 10.2 Å². The van der Waals surface area contributed by atoms with E-state index in [1.165, 1.54) is 31.0 Å². The van der Waals surface area contributed by atoms with Gasteiger partial charge in [0.1, 0.15) is 5.69 Å². The molecule has 1 aromatic rings. The third kappa shape index (κ3) is 3.49. The number of carboxylic acid groups (broad SMARTS) is 1. The zero-order valence-electron chi connectivity index (χ0n) is 12.1. The van der Waals surface area contributed by atoms with Crippen LogP contribution in [-0.2, 0) is 0 Å². The lowest BCUT2D eigenvalue weighted by atomic mass is 10.1. The Balaban J connectivity index is 2.17. The Morgan fingerprint density at radius 1 is 1.57 bits per heavy atom. The number of carbonyl (C=O) groups is 1. The fraction of sp³-hybridized carbons (Fsp3) is 0.500. The number of para-hydroxylation sites is 1. The van der Waals surface area contributed by atoms with Gasteiger partial charge in [-0.1, -0.05) is 6.07 Å². The molecule has 114 valence electrons. The number of likely N-dealkylation sites (N-methyl/N-ethyl adjacent to an activating group) is 1. The molecule has 0 bridgehead atoms. The molecule has 2 N–H and O–H groups in total. The van der Waals surface area contributed by atoms with E-state index in [9.17, 15) is 20.0 Å². The number of hydrogen-bond donors (Lipinski definition) is 2. The van der Waals surface area contributed by atoms with Gasteiger partial charge in [-0.25, -0.2) is 4.79 Å². The molecule has 2 rings (SSSR count). The number of aromatic carboxylic acids is 1. The molecule has 21 heavy (non-hydrogen) atoms. The summed E-state index contributed by atoms with van der Waals surface area (Å²) < 4.78 is 0. The molecular formula is C14H19N3O4. The third-order valence-corrected chi connectivity index (χ3v) is 3.86. The number of nitro groups is 1. The van der Waals surface area contributed by atoms with Gasteiger partial charge in [-0.3, -0.25) is 15.0 Å². The zero-order chi connectivity index (χ0) is 15.6. The third-order valence-electron chi connectivity index (χ3n) is 3.86. The van der Waals surface area contributed by atoms with Crippen molar-refractivity contribution in [1.82, 2.24) is 4.90 Å². The van der Waals surface area contributed by atoms with Crippen LogP contribution in [0, 0.1) is 10.1 Å². The highest BCUT2D eigenvalue weighted by Gasteiger charge is 2.29. The first-order valence-corrected chi connectivity index (χ1v) is 6.88. The van der Waals surface area contributed by atoms with E-state index in [-0.39, 0.29) is 23.0 Å². The van der Waals surface area contributed by atoms with Gasteiger partial charge in [0.15, 0.2) is 0 Å². The summed E-state index contributed by atoms with van der Waals surface area (Å²) in [5.74, 6) is -1.18. The first-order chi connectivity index (χ1) is 9.91. The zero-order valence-corrected chi connectivity index (χ0v) is 12.1. The number of nitrogens with one attached hydrogen (secondary N) is 1. The van der Waals surface area contributed by atoms with Gasteiger partial charge in [0.25, 0.3) is 5.69 Å². The number of nitro benzene ring substituents is 1. The Labute approximate surface area is 122 Å². The van der Waals surface area contributed by atoms with E-state index < -0.39 is 10.9 Å². The summed E-state index contributed by atoms with van der Waals surface area (Å²) in [5.41, 5.74) is -0.215. The van der Waals surface area contributed by atoms with Gasteiger partial charge in [0, 0.05) is 24.7 Å². The highest BCUT2D eigenvalue weighted by atomic mass is 16.6. The molecule has 0 amide bonds. The van der Waals surface area contributed by atoms with Gasteiger partial charge < -0.3 is 10.4 Å². The first-order valence-electron chi connectivity index (χ1n) is 6.88. The van der Waals surface area contributed by atoms with Gasteiger partial charge in [-0.2, -0.15) is 0 Å². The highest BCUT2D eigenvalue weighted by Crippen LogP contribution is 2.30. The second-order valence-electron chi connectivity index (χ2n) is 5.39. The number of anilines is 1. The average Bonchev–Trinajstić information content (AvgIpc) is 3.27. The van der Waals surface area contributed by atoms with Crippen molar-refractivity contribution in [3.05, 3.63) is 33.9 Å². The molecule has 0 aliphatic heterocycles. The number of benzene rings is 1. The van der Waals surface area contributed by atoms with Crippen LogP contribution in [0.1, 0.15) is 30.1 Å². The lowest BCUT2D eigenvalue weighted by molar-refractivity contribution is -0.384. The second kappa shape index (κ2) is 6.09. The van der Waals surface area contributed by atoms with Crippen LogP contribution < -0.4 is 5.32 Å². The molecule has 1 unspecified atom stereocenters. The van der Waals surface area contributed by atoms with E-state index in [0.717, 1.165) is 0 Å². The molecule has 1 saturated carbocycles.